The number of ketones is 1. The van der Waals surface area contributed by atoms with Crippen LogP contribution in [0.5, 0.6) is 17.2 Å². The third-order valence-electron chi connectivity index (χ3n) is 6.59. The van der Waals surface area contributed by atoms with Crippen molar-refractivity contribution in [1.82, 2.24) is 0 Å². The van der Waals surface area contributed by atoms with Crippen LogP contribution in [-0.4, -0.2) is 78.4 Å². The molecule has 12 nitrogen and oxygen atoms in total. The zero-order valence-electron chi connectivity index (χ0n) is 20.3. The van der Waals surface area contributed by atoms with Crippen molar-refractivity contribution in [2.45, 2.75) is 43.6 Å². The summed E-state index contributed by atoms with van der Waals surface area (Å²) in [7, 11) is 0. The average Bonchev–Trinajstić information content (AvgIpc) is 2.88. The van der Waals surface area contributed by atoms with Gasteiger partial charge in [0.1, 0.15) is 35.6 Å². The van der Waals surface area contributed by atoms with E-state index in [9.17, 15) is 45.3 Å². The van der Waals surface area contributed by atoms with E-state index in [2.05, 4.69) is 0 Å². The van der Waals surface area contributed by atoms with Crippen LogP contribution in [0.4, 0.5) is 0 Å². The van der Waals surface area contributed by atoms with E-state index in [4.69, 9.17) is 14.2 Å². The molecule has 1 fully saturated rings. The van der Waals surface area contributed by atoms with Crippen LogP contribution in [-0.2, 0) is 20.0 Å². The molecule has 0 spiro atoms. The largest absolute Gasteiger partial charge is 0.508 e. The molecule has 1 heterocycles. The topological polar surface area (TPSA) is 203 Å². The van der Waals surface area contributed by atoms with Gasteiger partial charge in [0.25, 0.3) is 0 Å². The van der Waals surface area contributed by atoms with Crippen LogP contribution in [0.15, 0.2) is 54.6 Å². The number of fused-ring (bicyclic) bond motifs is 2. The van der Waals surface area contributed by atoms with Crippen LogP contribution in [0.2, 0.25) is 0 Å². The minimum atomic E-state index is -2.78. The lowest BCUT2D eigenvalue weighted by Gasteiger charge is -2.44. The Balaban J connectivity index is 1.57. The molecule has 3 aromatic rings. The minimum absolute atomic E-state index is 0.0931. The molecular formula is C27H24O12. The first kappa shape index (κ1) is 26.6. The van der Waals surface area contributed by atoms with Crippen LogP contribution in [0, 0.1) is 6.92 Å². The molecule has 6 atom stereocenters. The molecule has 204 valence electrons. The molecule has 12 heteroatoms. The summed E-state index contributed by atoms with van der Waals surface area (Å²) in [5.41, 5.74) is -1.26. The predicted octanol–water partition coefficient (Wildman–Crippen LogP) is 0.488. The minimum Gasteiger partial charge on any atom is -0.508 e. The number of carbonyl (C=O) groups is 2. The number of phenols is 3. The highest BCUT2D eigenvalue weighted by Crippen LogP contribution is 2.49. The van der Waals surface area contributed by atoms with Gasteiger partial charge >= 0.3 is 5.97 Å². The Morgan fingerprint density at radius 2 is 1.44 bits per heavy atom. The number of aliphatic hydroxyl groups is 4. The zero-order valence-corrected chi connectivity index (χ0v) is 20.3. The smallest absolute Gasteiger partial charge is 0.340 e. The first-order chi connectivity index (χ1) is 18.4. The van der Waals surface area contributed by atoms with E-state index in [1.165, 1.54) is 24.3 Å². The second-order valence-corrected chi connectivity index (χ2v) is 9.30. The highest BCUT2D eigenvalue weighted by Gasteiger charge is 2.53. The Kier molecular flexibility index (Phi) is 6.55. The maximum atomic E-state index is 13.2. The number of benzene rings is 3. The van der Waals surface area contributed by atoms with Crippen molar-refractivity contribution in [3.05, 3.63) is 88.0 Å². The summed E-state index contributed by atoms with van der Waals surface area (Å²) in [6, 6.07) is 12.0. The first-order valence-electron chi connectivity index (χ1n) is 11.7. The number of aliphatic hydroxyl groups excluding tert-OH is 3. The Labute approximate surface area is 220 Å². The van der Waals surface area contributed by atoms with Gasteiger partial charge in [-0.15, -0.1) is 0 Å². The molecule has 0 aromatic heterocycles. The van der Waals surface area contributed by atoms with E-state index >= 15 is 0 Å². The van der Waals surface area contributed by atoms with E-state index in [-0.39, 0.29) is 11.1 Å². The Morgan fingerprint density at radius 1 is 0.846 bits per heavy atom. The lowest BCUT2D eigenvalue weighted by molar-refractivity contribution is -0.380. The van der Waals surface area contributed by atoms with E-state index in [1.54, 1.807) is 25.1 Å². The van der Waals surface area contributed by atoms with Gasteiger partial charge in [-0.2, -0.15) is 0 Å². The predicted molar refractivity (Wildman–Crippen MR) is 129 cm³/mol. The number of ether oxygens (including phenoxy) is 3. The second kappa shape index (κ2) is 9.61. The lowest BCUT2D eigenvalue weighted by Crippen LogP contribution is -2.61. The van der Waals surface area contributed by atoms with Crippen molar-refractivity contribution in [1.29, 1.82) is 0 Å². The standard InChI is InChI=1S/C27H24O12/c1-11-7-14-18(16(29)8-11)20(31)19-15(9-13(28)10-17(19)30)27(14,36)39-26-23(34)21(32)22(33)25(38-26)37-24(35)12-5-3-2-4-6-12/h2-10,21-23,25-26,28-30,32-34,36H,1H3/t21-,22+,23+,25+,26-,27-/m0/s1. The molecule has 0 saturated carbocycles. The van der Waals surface area contributed by atoms with E-state index in [1.807, 2.05) is 0 Å². The number of hydrogen-bond donors (Lipinski definition) is 7. The van der Waals surface area contributed by atoms with Gasteiger partial charge in [-0.25, -0.2) is 4.79 Å². The summed E-state index contributed by atoms with van der Waals surface area (Å²) in [4.78, 5) is 25.8. The fourth-order valence-corrected chi connectivity index (χ4v) is 4.72. The molecule has 0 unspecified atom stereocenters. The van der Waals surface area contributed by atoms with Crippen LogP contribution in [0.25, 0.3) is 0 Å². The van der Waals surface area contributed by atoms with Gasteiger partial charge in [-0.1, -0.05) is 18.2 Å². The summed E-state index contributed by atoms with van der Waals surface area (Å²) in [5.74, 6) is -6.45. The van der Waals surface area contributed by atoms with E-state index in [0.717, 1.165) is 12.1 Å². The molecule has 0 radical (unpaired) electrons. The number of carbonyl (C=O) groups excluding carboxylic acids is 2. The molecule has 2 aliphatic rings. The lowest BCUT2D eigenvalue weighted by atomic mass is 9.78. The first-order valence-corrected chi connectivity index (χ1v) is 11.7. The molecular weight excluding hydrogens is 516 g/mol. The van der Waals surface area contributed by atoms with Crippen molar-refractivity contribution in [3.63, 3.8) is 0 Å². The number of phenolic OH excluding ortho intramolecular Hbond substituents is 3. The van der Waals surface area contributed by atoms with Gasteiger partial charge in [-0.3, -0.25) is 4.79 Å². The average molecular weight is 540 g/mol. The van der Waals surface area contributed by atoms with Gasteiger partial charge < -0.3 is 50.0 Å². The molecule has 0 amide bonds. The van der Waals surface area contributed by atoms with Crippen molar-refractivity contribution in [3.8, 4) is 17.2 Å². The molecule has 1 aliphatic heterocycles. The van der Waals surface area contributed by atoms with Gasteiger partial charge in [0.15, 0.2) is 6.29 Å². The molecule has 39 heavy (non-hydrogen) atoms. The van der Waals surface area contributed by atoms with Gasteiger partial charge in [0.05, 0.1) is 16.7 Å². The van der Waals surface area contributed by atoms with Crippen LogP contribution >= 0.6 is 0 Å². The maximum absolute atomic E-state index is 13.2. The summed E-state index contributed by atoms with van der Waals surface area (Å²) < 4.78 is 16.4. The van der Waals surface area contributed by atoms with Gasteiger partial charge in [-0.05, 0) is 42.8 Å². The number of hydrogen-bond acceptors (Lipinski definition) is 12. The third-order valence-corrected chi connectivity index (χ3v) is 6.59. The molecule has 7 N–H and O–H groups in total. The molecule has 3 aromatic carbocycles. The number of aromatic hydroxyl groups is 3. The van der Waals surface area contributed by atoms with Gasteiger partial charge in [0.2, 0.25) is 17.9 Å². The molecule has 1 aliphatic carbocycles. The summed E-state index contributed by atoms with van der Waals surface area (Å²) >= 11 is 0. The van der Waals surface area contributed by atoms with Crippen LogP contribution in [0.1, 0.15) is 43.0 Å². The number of esters is 1. The quantitative estimate of drug-likeness (QED) is 0.178. The van der Waals surface area contributed by atoms with Crippen LogP contribution in [0.3, 0.4) is 0 Å². The molecule has 5 rings (SSSR count). The van der Waals surface area contributed by atoms with Crippen molar-refractivity contribution >= 4 is 11.8 Å². The number of rotatable bonds is 4. The normalized spacial score (nSPS) is 27.9. The van der Waals surface area contributed by atoms with E-state index < -0.39 is 82.4 Å². The highest BCUT2D eigenvalue weighted by molar-refractivity contribution is 6.16. The fourth-order valence-electron chi connectivity index (χ4n) is 4.72. The van der Waals surface area contributed by atoms with Gasteiger partial charge in [0, 0.05) is 17.2 Å². The van der Waals surface area contributed by atoms with Crippen LogP contribution < -0.4 is 0 Å². The SMILES string of the molecule is Cc1cc(O)c2c(c1)[C@](O)(O[C@@H]1O[C@@H](OC(=O)c3ccccc3)[C@H](O)[C@H](O)[C@H]1O)c1cc(O)cc(O)c1C2=O. The summed E-state index contributed by atoms with van der Waals surface area (Å²) in [6.07, 6.45) is -9.83. The van der Waals surface area contributed by atoms with E-state index in [0.29, 0.717) is 5.56 Å². The zero-order chi connectivity index (χ0) is 28.2. The molecule has 0 bridgehead atoms. The fraction of sp³-hybridized carbons (Fsp3) is 0.259. The second-order valence-electron chi connectivity index (χ2n) is 9.30. The maximum Gasteiger partial charge on any atom is 0.340 e. The number of aryl methyl sites for hydroxylation is 1. The molecule has 1 saturated heterocycles. The Morgan fingerprint density at radius 3 is 2.10 bits per heavy atom. The highest BCUT2D eigenvalue weighted by atomic mass is 16.8. The summed E-state index contributed by atoms with van der Waals surface area (Å²) in [5, 5.41) is 74.6. The summed E-state index contributed by atoms with van der Waals surface area (Å²) in [6.45, 7) is 1.55. The Bertz CT molecular complexity index is 1390. The Hall–Kier alpha value is -4.04. The van der Waals surface area contributed by atoms with Crippen molar-refractivity contribution < 1.29 is 59.5 Å². The third kappa shape index (κ3) is 4.38. The monoisotopic (exact) mass is 540 g/mol. The van der Waals surface area contributed by atoms with Crippen molar-refractivity contribution in [2.75, 3.05) is 0 Å². The van der Waals surface area contributed by atoms with Crippen molar-refractivity contribution in [2.24, 2.45) is 0 Å².